The van der Waals surface area contributed by atoms with Crippen LogP contribution in [0.3, 0.4) is 0 Å². The Bertz CT molecular complexity index is 443. The molecule has 1 aromatic rings. The Morgan fingerprint density at radius 2 is 2.19 bits per heavy atom. The molecule has 84 valence electrons. The SMILES string of the molecule is CC(=NO[Si](C)(C)C)c1ccncc1C#N. The Hall–Kier alpha value is -1.67. The summed E-state index contributed by atoms with van der Waals surface area (Å²) in [4.78, 5) is 3.90. The second-order valence-electron chi connectivity index (χ2n) is 4.41. The van der Waals surface area contributed by atoms with E-state index in [1.165, 1.54) is 6.20 Å². The standard InChI is InChI=1S/C11H15N3OSi/c1-9(14-15-16(2,3)4)11-5-6-13-8-10(11)7-12/h5-6,8H,1-4H3. The number of hydrogen-bond acceptors (Lipinski definition) is 4. The molecule has 0 saturated heterocycles. The predicted molar refractivity (Wildman–Crippen MR) is 65.6 cm³/mol. The molecule has 4 nitrogen and oxygen atoms in total. The molecule has 0 aliphatic heterocycles. The summed E-state index contributed by atoms with van der Waals surface area (Å²) in [6.45, 7) is 8.00. The predicted octanol–water partition coefficient (Wildman–Crippen LogP) is 2.53. The lowest BCUT2D eigenvalue weighted by atomic mass is 10.1. The van der Waals surface area contributed by atoms with E-state index in [4.69, 9.17) is 9.79 Å². The molecule has 0 bridgehead atoms. The van der Waals surface area contributed by atoms with E-state index in [-0.39, 0.29) is 0 Å². The summed E-state index contributed by atoms with van der Waals surface area (Å²) in [7, 11) is -1.67. The summed E-state index contributed by atoms with van der Waals surface area (Å²) < 4.78 is 5.44. The van der Waals surface area contributed by atoms with E-state index in [1.54, 1.807) is 12.3 Å². The minimum atomic E-state index is -1.67. The van der Waals surface area contributed by atoms with Gasteiger partial charge in [-0.1, -0.05) is 0 Å². The van der Waals surface area contributed by atoms with Crippen LogP contribution in [0.1, 0.15) is 18.1 Å². The van der Waals surface area contributed by atoms with E-state index >= 15 is 0 Å². The van der Waals surface area contributed by atoms with Gasteiger partial charge >= 0.3 is 0 Å². The number of hydrogen-bond donors (Lipinski definition) is 0. The maximum Gasteiger partial charge on any atom is 0.278 e. The number of aromatic nitrogens is 1. The fraction of sp³-hybridized carbons (Fsp3) is 0.364. The molecule has 0 radical (unpaired) electrons. The third-order valence-electron chi connectivity index (χ3n) is 1.79. The largest absolute Gasteiger partial charge is 0.455 e. The highest BCUT2D eigenvalue weighted by molar-refractivity contribution is 6.69. The van der Waals surface area contributed by atoms with Gasteiger partial charge in [0.05, 0.1) is 11.3 Å². The van der Waals surface area contributed by atoms with E-state index in [9.17, 15) is 0 Å². The minimum absolute atomic E-state index is 0.517. The molecule has 0 aromatic carbocycles. The first-order valence-electron chi connectivity index (χ1n) is 5.01. The van der Waals surface area contributed by atoms with Gasteiger partial charge in [0.25, 0.3) is 8.32 Å². The Labute approximate surface area is 96.7 Å². The highest BCUT2D eigenvalue weighted by Crippen LogP contribution is 2.09. The van der Waals surface area contributed by atoms with Gasteiger partial charge in [-0.3, -0.25) is 4.98 Å². The highest BCUT2D eigenvalue weighted by atomic mass is 28.4. The fourth-order valence-electron chi connectivity index (χ4n) is 1.05. The van der Waals surface area contributed by atoms with Crippen LogP contribution in [0.4, 0.5) is 0 Å². The van der Waals surface area contributed by atoms with Crippen molar-refractivity contribution in [3.8, 4) is 6.07 Å². The van der Waals surface area contributed by atoms with Crippen molar-refractivity contribution in [2.45, 2.75) is 26.6 Å². The topological polar surface area (TPSA) is 58.3 Å². The molecule has 0 aliphatic rings. The maximum atomic E-state index is 8.92. The van der Waals surface area contributed by atoms with Crippen molar-refractivity contribution in [2.75, 3.05) is 0 Å². The van der Waals surface area contributed by atoms with Gasteiger partial charge in [0.15, 0.2) is 0 Å². The van der Waals surface area contributed by atoms with Crippen molar-refractivity contribution < 1.29 is 4.53 Å². The monoisotopic (exact) mass is 233 g/mol. The molecule has 0 fully saturated rings. The van der Waals surface area contributed by atoms with Gasteiger partial charge in [-0.2, -0.15) is 5.26 Å². The summed E-state index contributed by atoms with van der Waals surface area (Å²) in [5, 5.41) is 13.0. The minimum Gasteiger partial charge on any atom is -0.455 e. The Morgan fingerprint density at radius 1 is 1.50 bits per heavy atom. The lowest BCUT2D eigenvalue weighted by molar-refractivity contribution is 0.335. The molecular formula is C11H15N3OSi. The first-order valence-corrected chi connectivity index (χ1v) is 8.42. The molecule has 0 atom stereocenters. The van der Waals surface area contributed by atoms with Gasteiger partial charge in [0.1, 0.15) is 6.07 Å². The Morgan fingerprint density at radius 3 is 2.75 bits per heavy atom. The number of rotatable bonds is 3. The van der Waals surface area contributed by atoms with E-state index in [0.29, 0.717) is 11.3 Å². The summed E-state index contributed by atoms with van der Waals surface area (Å²) in [6.07, 6.45) is 3.17. The molecular weight excluding hydrogens is 218 g/mol. The van der Waals surface area contributed by atoms with Gasteiger partial charge in [-0.25, -0.2) is 0 Å². The molecule has 1 heterocycles. The van der Waals surface area contributed by atoms with Crippen LogP contribution in [0.25, 0.3) is 0 Å². The van der Waals surface area contributed by atoms with Gasteiger partial charge < -0.3 is 4.53 Å². The first-order chi connectivity index (χ1) is 7.44. The lowest BCUT2D eigenvalue weighted by Gasteiger charge is -2.13. The Balaban J connectivity index is 2.97. The van der Waals surface area contributed by atoms with Crippen molar-refractivity contribution in [2.24, 2.45) is 5.16 Å². The zero-order valence-electron chi connectivity index (χ0n) is 9.98. The van der Waals surface area contributed by atoms with Crippen molar-refractivity contribution in [3.63, 3.8) is 0 Å². The van der Waals surface area contributed by atoms with E-state index in [1.807, 2.05) is 6.92 Å². The summed E-state index contributed by atoms with van der Waals surface area (Å²) in [5.41, 5.74) is 2.00. The van der Waals surface area contributed by atoms with E-state index in [0.717, 1.165) is 5.56 Å². The van der Waals surface area contributed by atoms with Gasteiger partial charge in [0.2, 0.25) is 0 Å². The smallest absolute Gasteiger partial charge is 0.278 e. The van der Waals surface area contributed by atoms with Crippen LogP contribution in [0.2, 0.25) is 19.6 Å². The number of pyridine rings is 1. The Kier molecular flexibility index (Phi) is 3.80. The molecule has 16 heavy (non-hydrogen) atoms. The molecule has 0 amide bonds. The third-order valence-corrected chi connectivity index (χ3v) is 2.43. The number of nitrogens with zero attached hydrogens (tertiary/aromatic N) is 3. The maximum absolute atomic E-state index is 8.92. The quantitative estimate of drug-likeness (QED) is 0.458. The molecule has 1 rings (SSSR count). The third kappa shape index (κ3) is 3.48. The average Bonchev–Trinajstić information content (AvgIpc) is 2.25. The van der Waals surface area contributed by atoms with E-state index < -0.39 is 8.32 Å². The zero-order chi connectivity index (χ0) is 12.2. The molecule has 5 heteroatoms. The van der Waals surface area contributed by atoms with Crippen LogP contribution in [-0.2, 0) is 4.53 Å². The van der Waals surface area contributed by atoms with Gasteiger partial charge in [-0.15, -0.1) is 5.16 Å². The second-order valence-corrected chi connectivity index (χ2v) is 8.82. The van der Waals surface area contributed by atoms with Crippen LogP contribution < -0.4 is 0 Å². The molecule has 1 aromatic heterocycles. The molecule has 0 spiro atoms. The summed E-state index contributed by atoms with van der Waals surface area (Å²) in [6, 6.07) is 3.85. The van der Waals surface area contributed by atoms with Crippen LogP contribution in [0.5, 0.6) is 0 Å². The number of oxime groups is 1. The van der Waals surface area contributed by atoms with Crippen LogP contribution in [0.15, 0.2) is 23.6 Å². The van der Waals surface area contributed by atoms with E-state index in [2.05, 4.69) is 35.8 Å². The molecule has 0 saturated carbocycles. The fourth-order valence-corrected chi connectivity index (χ4v) is 1.46. The lowest BCUT2D eigenvalue weighted by Crippen LogP contribution is -2.23. The summed E-state index contributed by atoms with van der Waals surface area (Å²) in [5.74, 6) is 0. The highest BCUT2D eigenvalue weighted by Gasteiger charge is 2.16. The average molecular weight is 233 g/mol. The van der Waals surface area contributed by atoms with Crippen molar-refractivity contribution in [1.29, 1.82) is 5.26 Å². The van der Waals surface area contributed by atoms with Gasteiger partial charge in [0, 0.05) is 18.0 Å². The zero-order valence-corrected chi connectivity index (χ0v) is 11.0. The summed E-state index contributed by atoms with van der Waals surface area (Å²) >= 11 is 0. The normalized spacial score (nSPS) is 12.1. The van der Waals surface area contributed by atoms with Crippen LogP contribution >= 0.6 is 0 Å². The molecule has 0 unspecified atom stereocenters. The number of nitriles is 1. The first kappa shape index (κ1) is 12.4. The molecule has 0 aliphatic carbocycles. The molecule has 0 N–H and O–H groups in total. The van der Waals surface area contributed by atoms with Gasteiger partial charge in [-0.05, 0) is 32.6 Å². The van der Waals surface area contributed by atoms with Crippen molar-refractivity contribution in [3.05, 3.63) is 29.6 Å². The van der Waals surface area contributed by atoms with Crippen LogP contribution in [-0.4, -0.2) is 19.0 Å². The second kappa shape index (κ2) is 4.90. The van der Waals surface area contributed by atoms with Crippen molar-refractivity contribution >= 4 is 14.0 Å². The van der Waals surface area contributed by atoms with Crippen LogP contribution in [0, 0.1) is 11.3 Å². The van der Waals surface area contributed by atoms with Crippen molar-refractivity contribution in [1.82, 2.24) is 4.98 Å².